The average Bonchev–Trinajstić information content (AvgIpc) is 3.14. The molecule has 3 N–H and O–H groups in total. The smallest absolute Gasteiger partial charge is 0.328 e. The molecule has 1 saturated heterocycles. The number of para-hydroxylation sites is 1. The highest BCUT2D eigenvalue weighted by molar-refractivity contribution is 6.30. The summed E-state index contributed by atoms with van der Waals surface area (Å²) in [5.41, 5.74) is 1.35. The van der Waals surface area contributed by atoms with Crippen LogP contribution >= 0.6 is 11.6 Å². The van der Waals surface area contributed by atoms with E-state index in [-0.39, 0.29) is 11.9 Å². The number of carboxylic acid groups (broad SMARTS) is 2. The third-order valence-electron chi connectivity index (χ3n) is 4.83. The Labute approximate surface area is 191 Å². The van der Waals surface area contributed by atoms with Crippen LogP contribution in [0, 0.1) is 0 Å². The molecule has 2 aromatic rings. The van der Waals surface area contributed by atoms with Crippen molar-refractivity contribution in [3.8, 4) is 0 Å². The molecule has 9 heteroatoms. The molecule has 0 unspecified atom stereocenters. The highest BCUT2D eigenvalue weighted by Gasteiger charge is 2.38. The van der Waals surface area contributed by atoms with Crippen molar-refractivity contribution in [3.05, 3.63) is 77.3 Å². The van der Waals surface area contributed by atoms with Crippen molar-refractivity contribution in [1.82, 2.24) is 4.90 Å². The standard InChI is InChI=1S/C19H21ClN2O2.C4H4O4/c1-2-21-12-17(18(23)13-21)22(16-6-4-3-5-7-16)19(24)14-8-10-15(20)11-9-14;5-3(6)1-2-4(7)8/h3-11,17-18,23H,2,12-13H2,1H3;1-2H,(H,5,6)(H,7,8)/b;2-1+/t17-,18-;/m1./s1. The van der Waals surface area contributed by atoms with Gasteiger partial charge in [-0.3, -0.25) is 9.69 Å². The van der Waals surface area contributed by atoms with E-state index in [4.69, 9.17) is 21.8 Å². The number of likely N-dealkylation sites (tertiary alicyclic amines) is 1. The number of benzene rings is 2. The molecule has 0 saturated carbocycles. The SMILES string of the molecule is CCN1C[C@@H](O)[C@H](N(C(=O)c2ccc(Cl)cc2)c2ccccc2)C1.O=C(O)/C=C/C(=O)O. The summed E-state index contributed by atoms with van der Waals surface area (Å²) in [5.74, 6) is -2.64. The van der Waals surface area contributed by atoms with Crippen molar-refractivity contribution in [2.24, 2.45) is 0 Å². The number of aliphatic hydroxyl groups excluding tert-OH is 1. The molecule has 8 nitrogen and oxygen atoms in total. The van der Waals surface area contributed by atoms with Gasteiger partial charge < -0.3 is 20.2 Å². The zero-order chi connectivity index (χ0) is 23.7. The monoisotopic (exact) mass is 460 g/mol. The lowest BCUT2D eigenvalue weighted by molar-refractivity contribution is -0.134. The molecule has 0 aliphatic carbocycles. The summed E-state index contributed by atoms with van der Waals surface area (Å²) in [4.78, 5) is 36.1. The van der Waals surface area contributed by atoms with Crippen molar-refractivity contribution in [2.45, 2.75) is 19.1 Å². The number of anilines is 1. The number of nitrogens with zero attached hydrogens (tertiary/aromatic N) is 2. The van der Waals surface area contributed by atoms with Gasteiger partial charge in [0.05, 0.1) is 12.1 Å². The van der Waals surface area contributed by atoms with Gasteiger partial charge in [-0.05, 0) is 42.9 Å². The molecular weight excluding hydrogens is 436 g/mol. The highest BCUT2D eigenvalue weighted by Crippen LogP contribution is 2.26. The number of carbonyl (C=O) groups excluding carboxylic acids is 1. The van der Waals surface area contributed by atoms with Gasteiger partial charge in [-0.2, -0.15) is 0 Å². The molecular formula is C23H25ClN2O6. The second kappa shape index (κ2) is 12.0. The van der Waals surface area contributed by atoms with Crippen LogP contribution < -0.4 is 4.90 Å². The number of amides is 1. The van der Waals surface area contributed by atoms with Gasteiger partial charge in [0.15, 0.2) is 0 Å². The third-order valence-corrected chi connectivity index (χ3v) is 5.08. The van der Waals surface area contributed by atoms with Crippen LogP contribution in [0.2, 0.25) is 5.02 Å². The molecule has 1 aliphatic rings. The zero-order valence-corrected chi connectivity index (χ0v) is 18.2. The third kappa shape index (κ3) is 7.19. The molecule has 170 valence electrons. The summed E-state index contributed by atoms with van der Waals surface area (Å²) < 4.78 is 0. The number of aliphatic hydroxyl groups is 1. The first-order valence-corrected chi connectivity index (χ1v) is 10.3. The minimum Gasteiger partial charge on any atom is -0.478 e. The van der Waals surface area contributed by atoms with Gasteiger partial charge in [-0.1, -0.05) is 36.7 Å². The number of hydrogen-bond acceptors (Lipinski definition) is 5. The van der Waals surface area contributed by atoms with Crippen molar-refractivity contribution in [2.75, 3.05) is 24.5 Å². The molecule has 1 aliphatic heterocycles. The van der Waals surface area contributed by atoms with Crippen molar-refractivity contribution in [3.63, 3.8) is 0 Å². The summed E-state index contributed by atoms with van der Waals surface area (Å²) in [5, 5.41) is 26.7. The summed E-state index contributed by atoms with van der Waals surface area (Å²) in [6, 6.07) is 16.1. The second-order valence-corrected chi connectivity index (χ2v) is 7.45. The van der Waals surface area contributed by atoms with Crippen LogP contribution in [-0.4, -0.2) is 69.8 Å². The van der Waals surface area contributed by atoms with Crippen LogP contribution in [0.15, 0.2) is 66.7 Å². The molecule has 1 fully saturated rings. The van der Waals surface area contributed by atoms with Crippen LogP contribution in [0.4, 0.5) is 5.69 Å². The number of hydrogen-bond donors (Lipinski definition) is 3. The number of halogens is 1. The summed E-state index contributed by atoms with van der Waals surface area (Å²) in [7, 11) is 0. The molecule has 0 spiro atoms. The van der Waals surface area contributed by atoms with Crippen LogP contribution in [0.25, 0.3) is 0 Å². The Kier molecular flexibility index (Phi) is 9.39. The highest BCUT2D eigenvalue weighted by atomic mass is 35.5. The normalized spacial score (nSPS) is 18.1. The minimum atomic E-state index is -1.26. The molecule has 0 aromatic heterocycles. The van der Waals surface area contributed by atoms with Gasteiger partial charge in [0.25, 0.3) is 5.91 Å². The lowest BCUT2D eigenvalue weighted by Gasteiger charge is -2.31. The van der Waals surface area contributed by atoms with E-state index >= 15 is 0 Å². The Morgan fingerprint density at radius 3 is 2.03 bits per heavy atom. The van der Waals surface area contributed by atoms with E-state index in [9.17, 15) is 19.5 Å². The van der Waals surface area contributed by atoms with Gasteiger partial charge in [0, 0.05) is 41.5 Å². The summed E-state index contributed by atoms with van der Waals surface area (Å²) >= 11 is 5.93. The number of aliphatic carboxylic acids is 2. The fourth-order valence-corrected chi connectivity index (χ4v) is 3.41. The first kappa shape index (κ1) is 25.1. The van der Waals surface area contributed by atoms with E-state index < -0.39 is 18.0 Å². The molecule has 2 atom stereocenters. The first-order valence-electron chi connectivity index (χ1n) is 9.91. The predicted molar refractivity (Wildman–Crippen MR) is 121 cm³/mol. The van der Waals surface area contributed by atoms with E-state index in [1.54, 1.807) is 29.2 Å². The largest absolute Gasteiger partial charge is 0.478 e. The Bertz CT molecular complexity index is 933. The van der Waals surface area contributed by atoms with Crippen LogP contribution in [-0.2, 0) is 9.59 Å². The number of carbonyl (C=O) groups is 3. The van der Waals surface area contributed by atoms with Gasteiger partial charge >= 0.3 is 11.9 Å². The van der Waals surface area contributed by atoms with Gasteiger partial charge in [-0.15, -0.1) is 0 Å². The van der Waals surface area contributed by atoms with E-state index in [0.717, 1.165) is 12.2 Å². The van der Waals surface area contributed by atoms with Crippen LogP contribution in [0.3, 0.4) is 0 Å². The number of β-amino-alcohol motifs (C(OH)–C–C–N with tert-alkyl or cyclic N) is 1. The maximum Gasteiger partial charge on any atom is 0.328 e. The maximum atomic E-state index is 13.1. The Hall–Kier alpha value is -3.20. The molecule has 1 heterocycles. The fourth-order valence-electron chi connectivity index (χ4n) is 3.28. The van der Waals surface area contributed by atoms with Gasteiger partial charge in [0.2, 0.25) is 0 Å². The molecule has 0 radical (unpaired) electrons. The number of carboxylic acids is 2. The van der Waals surface area contributed by atoms with Gasteiger partial charge in [0.1, 0.15) is 0 Å². The lowest BCUT2D eigenvalue weighted by Crippen LogP contribution is -2.47. The molecule has 3 rings (SSSR count). The van der Waals surface area contributed by atoms with E-state index in [2.05, 4.69) is 11.8 Å². The number of rotatable bonds is 6. The molecule has 1 amide bonds. The van der Waals surface area contributed by atoms with Crippen molar-refractivity contribution < 1.29 is 29.7 Å². The number of likely N-dealkylation sites (N-methyl/N-ethyl adjacent to an activating group) is 1. The minimum absolute atomic E-state index is 0.125. The molecule has 0 bridgehead atoms. The fraction of sp³-hybridized carbons (Fsp3) is 0.261. The van der Waals surface area contributed by atoms with Crippen LogP contribution in [0.1, 0.15) is 17.3 Å². The maximum absolute atomic E-state index is 13.1. The van der Waals surface area contributed by atoms with Gasteiger partial charge in [-0.25, -0.2) is 9.59 Å². The van der Waals surface area contributed by atoms with Crippen molar-refractivity contribution in [1.29, 1.82) is 0 Å². The zero-order valence-electron chi connectivity index (χ0n) is 17.5. The summed E-state index contributed by atoms with van der Waals surface area (Å²) in [6.07, 6.45) is 0.548. The Morgan fingerprint density at radius 2 is 1.56 bits per heavy atom. The van der Waals surface area contributed by atoms with Crippen molar-refractivity contribution >= 4 is 35.1 Å². The quantitative estimate of drug-likeness (QED) is 0.567. The lowest BCUT2D eigenvalue weighted by atomic mass is 10.1. The molecule has 2 aromatic carbocycles. The van der Waals surface area contributed by atoms with E-state index in [1.165, 1.54) is 0 Å². The Balaban J connectivity index is 0.000000390. The predicted octanol–water partition coefficient (Wildman–Crippen LogP) is 2.76. The topological polar surface area (TPSA) is 118 Å². The summed E-state index contributed by atoms with van der Waals surface area (Å²) in [6.45, 7) is 4.15. The van der Waals surface area contributed by atoms with Crippen LogP contribution in [0.5, 0.6) is 0 Å². The van der Waals surface area contributed by atoms with E-state index in [1.807, 2.05) is 30.3 Å². The average molecular weight is 461 g/mol. The van der Waals surface area contributed by atoms with E-state index in [0.29, 0.717) is 35.8 Å². The molecule has 32 heavy (non-hydrogen) atoms. The second-order valence-electron chi connectivity index (χ2n) is 7.01. The Morgan fingerprint density at radius 1 is 1.00 bits per heavy atom. The first-order chi connectivity index (χ1) is 15.2.